The summed E-state index contributed by atoms with van der Waals surface area (Å²) in [6, 6.07) is 20.7. The Hall–Kier alpha value is -4.29. The number of anilines is 2. The Morgan fingerprint density at radius 2 is 1.71 bits per heavy atom. The lowest BCUT2D eigenvalue weighted by Gasteiger charge is -2.12. The molecule has 0 aliphatic heterocycles. The summed E-state index contributed by atoms with van der Waals surface area (Å²) in [5.74, 6) is 0.510. The van der Waals surface area contributed by atoms with Gasteiger partial charge in [0.05, 0.1) is 19.9 Å². The maximum atomic E-state index is 12.7. The van der Waals surface area contributed by atoms with Gasteiger partial charge in [0.2, 0.25) is 0 Å². The number of carbonyl (C=O) groups excluding carboxylic acids is 2. The van der Waals surface area contributed by atoms with Crippen LogP contribution in [0.25, 0.3) is 6.08 Å². The van der Waals surface area contributed by atoms with E-state index in [1.54, 1.807) is 73.8 Å². The molecule has 0 bridgehead atoms. The van der Waals surface area contributed by atoms with Gasteiger partial charge in [0.1, 0.15) is 28.9 Å². The van der Waals surface area contributed by atoms with Crippen molar-refractivity contribution in [3.8, 4) is 23.3 Å². The number of amides is 2. The number of nitrogens with one attached hydrogen (secondary N) is 2. The first-order chi connectivity index (χ1) is 16.9. The third-order valence-corrected chi connectivity index (χ3v) is 5.22. The number of hydrogen-bond acceptors (Lipinski definition) is 6. The van der Waals surface area contributed by atoms with Crippen LogP contribution in [0.15, 0.2) is 76.8 Å². The number of nitrogens with zero attached hydrogens (tertiary/aromatic N) is 1. The van der Waals surface area contributed by atoms with Crippen LogP contribution in [-0.2, 0) is 9.59 Å². The second-order valence-corrected chi connectivity index (χ2v) is 7.99. The van der Waals surface area contributed by atoms with Crippen LogP contribution in [0.5, 0.6) is 17.2 Å². The second kappa shape index (κ2) is 12.3. The number of carbonyl (C=O) groups is 2. The minimum Gasteiger partial charge on any atom is -0.497 e. The molecule has 35 heavy (non-hydrogen) atoms. The smallest absolute Gasteiger partial charge is 0.266 e. The van der Waals surface area contributed by atoms with E-state index in [0.717, 1.165) is 0 Å². The van der Waals surface area contributed by atoms with Crippen LogP contribution in [0.1, 0.15) is 5.56 Å². The summed E-state index contributed by atoms with van der Waals surface area (Å²) in [5.41, 5.74) is 1.34. The Labute approximate surface area is 211 Å². The predicted octanol–water partition coefficient (Wildman–Crippen LogP) is 5.03. The van der Waals surface area contributed by atoms with Crippen molar-refractivity contribution in [2.24, 2.45) is 0 Å². The molecule has 178 valence electrons. The lowest BCUT2D eigenvalue weighted by Crippen LogP contribution is -2.20. The first-order valence-electron chi connectivity index (χ1n) is 10.4. The fourth-order valence-corrected chi connectivity index (χ4v) is 3.40. The van der Waals surface area contributed by atoms with Crippen molar-refractivity contribution in [2.45, 2.75) is 0 Å². The highest BCUT2D eigenvalue weighted by atomic mass is 79.9. The molecule has 0 atom stereocenters. The van der Waals surface area contributed by atoms with E-state index in [9.17, 15) is 14.9 Å². The molecule has 2 amide bonds. The van der Waals surface area contributed by atoms with Gasteiger partial charge in [-0.15, -0.1) is 0 Å². The second-order valence-electron chi connectivity index (χ2n) is 7.07. The zero-order valence-electron chi connectivity index (χ0n) is 19.0. The summed E-state index contributed by atoms with van der Waals surface area (Å²) >= 11 is 3.38. The molecule has 0 fully saturated rings. The van der Waals surface area contributed by atoms with Gasteiger partial charge in [-0.2, -0.15) is 5.26 Å². The predicted molar refractivity (Wildman–Crippen MR) is 136 cm³/mol. The molecule has 0 unspecified atom stereocenters. The summed E-state index contributed by atoms with van der Waals surface area (Å²) in [6.45, 7) is -0.291. The molecule has 3 rings (SSSR count). The third kappa shape index (κ3) is 7.09. The van der Waals surface area contributed by atoms with Crippen LogP contribution in [0.3, 0.4) is 0 Å². The molecule has 0 saturated heterocycles. The first-order valence-corrected chi connectivity index (χ1v) is 11.1. The van der Waals surface area contributed by atoms with E-state index >= 15 is 0 Å². The van der Waals surface area contributed by atoms with Gasteiger partial charge in [0, 0.05) is 15.7 Å². The summed E-state index contributed by atoms with van der Waals surface area (Å²) in [6.07, 6.45) is 1.40. The number of para-hydroxylation sites is 2. The Morgan fingerprint density at radius 3 is 2.40 bits per heavy atom. The van der Waals surface area contributed by atoms with E-state index in [2.05, 4.69) is 26.6 Å². The quantitative estimate of drug-likeness (QED) is 0.293. The van der Waals surface area contributed by atoms with Crippen LogP contribution >= 0.6 is 15.9 Å². The van der Waals surface area contributed by atoms with Crippen LogP contribution in [-0.4, -0.2) is 32.6 Å². The highest BCUT2D eigenvalue weighted by molar-refractivity contribution is 9.10. The number of hydrogen-bond donors (Lipinski definition) is 2. The average Bonchev–Trinajstić information content (AvgIpc) is 2.87. The van der Waals surface area contributed by atoms with Gasteiger partial charge in [-0.25, -0.2) is 0 Å². The Bertz CT molecular complexity index is 1280. The number of benzene rings is 3. The van der Waals surface area contributed by atoms with Crippen molar-refractivity contribution in [3.05, 3.63) is 82.3 Å². The fourth-order valence-electron chi connectivity index (χ4n) is 3.02. The molecule has 3 aromatic carbocycles. The molecule has 0 heterocycles. The minimum atomic E-state index is -0.586. The van der Waals surface area contributed by atoms with E-state index in [4.69, 9.17) is 14.2 Å². The van der Waals surface area contributed by atoms with Gasteiger partial charge in [-0.1, -0.05) is 28.1 Å². The maximum Gasteiger partial charge on any atom is 0.266 e. The molecular weight excluding hydrogens is 514 g/mol. The van der Waals surface area contributed by atoms with Crippen LogP contribution in [0.2, 0.25) is 0 Å². The molecular formula is C26H22BrN3O5. The topological polar surface area (TPSA) is 110 Å². The van der Waals surface area contributed by atoms with Gasteiger partial charge in [-0.05, 0) is 60.7 Å². The molecule has 9 heteroatoms. The lowest BCUT2D eigenvalue weighted by molar-refractivity contribution is -0.118. The van der Waals surface area contributed by atoms with E-state index in [0.29, 0.717) is 38.7 Å². The van der Waals surface area contributed by atoms with Crippen molar-refractivity contribution in [1.82, 2.24) is 0 Å². The molecule has 0 radical (unpaired) electrons. The van der Waals surface area contributed by atoms with Gasteiger partial charge >= 0.3 is 0 Å². The molecule has 0 aliphatic carbocycles. The maximum absolute atomic E-state index is 12.7. The van der Waals surface area contributed by atoms with Gasteiger partial charge in [-0.3, -0.25) is 9.59 Å². The summed E-state index contributed by atoms with van der Waals surface area (Å²) in [4.78, 5) is 25.1. The Morgan fingerprint density at radius 1 is 0.971 bits per heavy atom. The molecule has 0 saturated carbocycles. The third-order valence-electron chi connectivity index (χ3n) is 4.72. The van der Waals surface area contributed by atoms with Crippen LogP contribution in [0, 0.1) is 11.3 Å². The van der Waals surface area contributed by atoms with Crippen molar-refractivity contribution >= 4 is 45.2 Å². The van der Waals surface area contributed by atoms with Crippen LogP contribution in [0.4, 0.5) is 11.4 Å². The molecule has 0 aromatic heterocycles. The number of nitriles is 1. The van der Waals surface area contributed by atoms with Crippen LogP contribution < -0.4 is 24.8 Å². The van der Waals surface area contributed by atoms with Crippen molar-refractivity contribution in [1.29, 1.82) is 5.26 Å². The lowest BCUT2D eigenvalue weighted by atomic mass is 10.1. The zero-order valence-corrected chi connectivity index (χ0v) is 20.6. The summed E-state index contributed by atoms with van der Waals surface area (Å²) in [7, 11) is 3.06. The molecule has 8 nitrogen and oxygen atoms in total. The average molecular weight is 536 g/mol. The normalized spacial score (nSPS) is 10.6. The highest BCUT2D eigenvalue weighted by Crippen LogP contribution is 2.27. The number of rotatable bonds is 9. The minimum absolute atomic E-state index is 0.137. The molecule has 3 aromatic rings. The standard InChI is InChI=1S/C26H22BrN3O5/c1-33-21-10-8-20(9-11-21)29-26(32)18(15-28)13-17-14-19(27)7-12-23(17)35-16-25(31)30-22-5-3-4-6-24(22)34-2/h3-14H,16H2,1-2H3,(H,29,32)(H,30,31)/b18-13-. The molecule has 0 aliphatic rings. The Balaban J connectivity index is 1.74. The van der Waals surface area contributed by atoms with Gasteiger partial charge < -0.3 is 24.8 Å². The van der Waals surface area contributed by atoms with Crippen molar-refractivity contribution in [2.75, 3.05) is 31.5 Å². The van der Waals surface area contributed by atoms with Crippen molar-refractivity contribution < 1.29 is 23.8 Å². The van der Waals surface area contributed by atoms with E-state index in [1.807, 2.05) is 6.07 Å². The van der Waals surface area contributed by atoms with Crippen molar-refractivity contribution in [3.63, 3.8) is 0 Å². The first kappa shape index (κ1) is 25.3. The summed E-state index contributed by atoms with van der Waals surface area (Å²) in [5, 5.41) is 15.0. The SMILES string of the molecule is COc1ccc(NC(=O)/C(C#N)=C\c2cc(Br)ccc2OCC(=O)Nc2ccccc2OC)cc1. The number of ether oxygens (including phenoxy) is 3. The molecule has 0 spiro atoms. The fraction of sp³-hybridized carbons (Fsp3) is 0.115. The largest absolute Gasteiger partial charge is 0.497 e. The monoisotopic (exact) mass is 535 g/mol. The van der Waals surface area contributed by atoms with E-state index in [1.165, 1.54) is 13.2 Å². The van der Waals surface area contributed by atoms with Gasteiger partial charge in [0.15, 0.2) is 6.61 Å². The zero-order chi connectivity index (χ0) is 25.2. The molecule has 2 N–H and O–H groups in total. The highest BCUT2D eigenvalue weighted by Gasteiger charge is 2.14. The van der Waals surface area contributed by atoms with E-state index in [-0.39, 0.29) is 12.2 Å². The van der Waals surface area contributed by atoms with Gasteiger partial charge in [0.25, 0.3) is 11.8 Å². The summed E-state index contributed by atoms with van der Waals surface area (Å²) < 4.78 is 16.7. The Kier molecular flexibility index (Phi) is 8.87. The van der Waals surface area contributed by atoms with E-state index < -0.39 is 11.8 Å². The number of halogens is 1. The number of methoxy groups -OCH3 is 2.